The Kier molecular flexibility index (Phi) is 5.80. The Balaban J connectivity index is 2.24. The fourth-order valence-electron chi connectivity index (χ4n) is 1.85. The van der Waals surface area contributed by atoms with Gasteiger partial charge in [-0.2, -0.15) is 18.2 Å². The van der Waals surface area contributed by atoms with Gasteiger partial charge in [-0.1, -0.05) is 0 Å². The number of aromatic nitrogens is 2. The minimum atomic E-state index is -4.60. The summed E-state index contributed by atoms with van der Waals surface area (Å²) in [5.41, 5.74) is -0.523. The molecule has 0 atom stereocenters. The molecular formula is C15H17F3N4O2. The first kappa shape index (κ1) is 17.8. The van der Waals surface area contributed by atoms with Crippen molar-refractivity contribution in [3.8, 4) is 5.75 Å². The summed E-state index contributed by atoms with van der Waals surface area (Å²) in [6.45, 7) is 2.17. The van der Waals surface area contributed by atoms with E-state index in [2.05, 4.69) is 20.6 Å². The molecular weight excluding hydrogens is 325 g/mol. The maximum Gasteiger partial charge on any atom is 0.433 e. The molecule has 1 aromatic heterocycles. The zero-order chi connectivity index (χ0) is 17.6. The number of anilines is 3. The summed E-state index contributed by atoms with van der Waals surface area (Å²) in [5.74, 6) is 0.432. The molecule has 3 N–H and O–H groups in total. The van der Waals surface area contributed by atoms with Crippen molar-refractivity contribution in [1.29, 1.82) is 0 Å². The summed E-state index contributed by atoms with van der Waals surface area (Å²) < 4.78 is 44.1. The molecule has 2 rings (SSSR count). The van der Waals surface area contributed by atoms with Gasteiger partial charge in [0.05, 0.1) is 13.2 Å². The van der Waals surface area contributed by atoms with Crippen LogP contribution in [0.3, 0.4) is 0 Å². The van der Waals surface area contributed by atoms with Crippen LogP contribution in [-0.2, 0) is 6.18 Å². The third-order valence-corrected chi connectivity index (χ3v) is 2.85. The van der Waals surface area contributed by atoms with Gasteiger partial charge in [-0.05, 0) is 31.2 Å². The molecule has 0 radical (unpaired) electrons. The van der Waals surface area contributed by atoms with E-state index in [0.717, 1.165) is 6.07 Å². The number of aliphatic hydroxyl groups excluding tert-OH is 1. The number of halogens is 3. The molecule has 9 heteroatoms. The van der Waals surface area contributed by atoms with Crippen LogP contribution < -0.4 is 15.4 Å². The predicted molar refractivity (Wildman–Crippen MR) is 83.5 cm³/mol. The molecule has 0 aliphatic heterocycles. The number of rotatable bonds is 7. The van der Waals surface area contributed by atoms with Gasteiger partial charge in [0.1, 0.15) is 11.6 Å². The lowest BCUT2D eigenvalue weighted by molar-refractivity contribution is -0.141. The van der Waals surface area contributed by atoms with Crippen LogP contribution in [-0.4, -0.2) is 34.8 Å². The van der Waals surface area contributed by atoms with Gasteiger partial charge in [0.25, 0.3) is 0 Å². The molecule has 0 amide bonds. The van der Waals surface area contributed by atoms with Crippen LogP contribution in [0.15, 0.2) is 30.3 Å². The summed E-state index contributed by atoms with van der Waals surface area (Å²) in [7, 11) is 0. The highest BCUT2D eigenvalue weighted by Gasteiger charge is 2.33. The van der Waals surface area contributed by atoms with E-state index in [1.807, 2.05) is 6.92 Å². The molecule has 0 bridgehead atoms. The number of nitrogens with zero attached hydrogens (tertiary/aromatic N) is 2. The average molecular weight is 342 g/mol. The second kappa shape index (κ2) is 7.82. The molecule has 1 aromatic carbocycles. The maximum atomic E-state index is 12.9. The van der Waals surface area contributed by atoms with Crippen molar-refractivity contribution in [2.45, 2.75) is 13.1 Å². The monoisotopic (exact) mass is 342 g/mol. The molecule has 2 aromatic rings. The van der Waals surface area contributed by atoms with Gasteiger partial charge in [-0.25, -0.2) is 4.98 Å². The van der Waals surface area contributed by atoms with Crippen molar-refractivity contribution in [1.82, 2.24) is 9.97 Å². The Morgan fingerprint density at radius 2 is 1.88 bits per heavy atom. The smallest absolute Gasteiger partial charge is 0.433 e. The lowest BCUT2D eigenvalue weighted by Crippen LogP contribution is -2.15. The normalized spacial score (nSPS) is 11.2. The molecule has 0 aliphatic rings. The number of benzene rings is 1. The minimum Gasteiger partial charge on any atom is -0.494 e. The Labute approximate surface area is 136 Å². The molecule has 6 nitrogen and oxygen atoms in total. The summed E-state index contributed by atoms with van der Waals surface area (Å²) in [5, 5.41) is 14.1. The van der Waals surface area contributed by atoms with Crippen molar-refractivity contribution >= 4 is 17.5 Å². The lowest BCUT2D eigenvalue weighted by Gasteiger charge is -2.12. The van der Waals surface area contributed by atoms with Gasteiger partial charge in [0, 0.05) is 18.3 Å². The van der Waals surface area contributed by atoms with Crippen molar-refractivity contribution in [3.05, 3.63) is 36.0 Å². The number of nitrogens with one attached hydrogen (secondary N) is 2. The molecule has 0 saturated carbocycles. The molecule has 0 fully saturated rings. The van der Waals surface area contributed by atoms with E-state index in [1.165, 1.54) is 0 Å². The predicted octanol–water partition coefficient (Wildman–Crippen LogP) is 3.04. The number of alkyl halides is 3. The van der Waals surface area contributed by atoms with Crippen LogP contribution >= 0.6 is 0 Å². The second-order valence-electron chi connectivity index (χ2n) is 4.69. The maximum absolute atomic E-state index is 12.9. The first-order chi connectivity index (χ1) is 11.4. The topological polar surface area (TPSA) is 79.3 Å². The molecule has 0 aliphatic carbocycles. The number of aliphatic hydroxyl groups is 1. The third kappa shape index (κ3) is 4.98. The summed E-state index contributed by atoms with van der Waals surface area (Å²) in [4.78, 5) is 7.37. The van der Waals surface area contributed by atoms with E-state index >= 15 is 0 Å². The van der Waals surface area contributed by atoms with Gasteiger partial charge >= 0.3 is 6.18 Å². The second-order valence-corrected chi connectivity index (χ2v) is 4.69. The number of ether oxygens (including phenoxy) is 1. The molecule has 0 saturated heterocycles. The van der Waals surface area contributed by atoms with Gasteiger partial charge in [-0.3, -0.25) is 0 Å². The van der Waals surface area contributed by atoms with Crippen LogP contribution in [0.1, 0.15) is 12.6 Å². The first-order valence-electron chi connectivity index (χ1n) is 7.23. The van der Waals surface area contributed by atoms with E-state index in [0.29, 0.717) is 18.0 Å². The molecule has 0 spiro atoms. The SMILES string of the molecule is CCOc1ccc(Nc2cc(C(F)(F)F)nc(NCCO)n2)cc1. The summed E-state index contributed by atoms with van der Waals surface area (Å²) in [6, 6.07) is 7.55. The van der Waals surface area contributed by atoms with Crippen molar-refractivity contribution in [2.75, 3.05) is 30.4 Å². The fourth-order valence-corrected chi connectivity index (χ4v) is 1.85. The minimum absolute atomic E-state index is 0.0121. The molecule has 1 heterocycles. The van der Waals surface area contributed by atoms with E-state index in [-0.39, 0.29) is 24.9 Å². The molecule has 24 heavy (non-hydrogen) atoms. The molecule has 130 valence electrons. The van der Waals surface area contributed by atoms with Crippen LogP contribution in [0.5, 0.6) is 5.75 Å². The van der Waals surface area contributed by atoms with Crippen LogP contribution in [0.4, 0.5) is 30.6 Å². The van der Waals surface area contributed by atoms with Crippen LogP contribution in [0, 0.1) is 0 Å². The van der Waals surface area contributed by atoms with Crippen molar-refractivity contribution in [2.24, 2.45) is 0 Å². The van der Waals surface area contributed by atoms with E-state index in [1.54, 1.807) is 24.3 Å². The van der Waals surface area contributed by atoms with Gasteiger partial charge < -0.3 is 20.5 Å². The van der Waals surface area contributed by atoms with Crippen molar-refractivity contribution < 1.29 is 23.0 Å². The largest absolute Gasteiger partial charge is 0.494 e. The zero-order valence-electron chi connectivity index (χ0n) is 12.9. The van der Waals surface area contributed by atoms with Gasteiger partial charge in [0.2, 0.25) is 5.95 Å². The van der Waals surface area contributed by atoms with Crippen LogP contribution in [0.2, 0.25) is 0 Å². The number of hydrogen-bond donors (Lipinski definition) is 3. The van der Waals surface area contributed by atoms with Gasteiger partial charge in [0.15, 0.2) is 5.69 Å². The standard InChI is InChI=1S/C15H17F3N4O2/c1-2-24-11-5-3-10(4-6-11)20-13-9-12(15(16,17)18)21-14(22-13)19-7-8-23/h3-6,9,23H,2,7-8H2,1H3,(H2,19,20,21,22). The third-order valence-electron chi connectivity index (χ3n) is 2.85. The Morgan fingerprint density at radius 3 is 2.46 bits per heavy atom. The highest BCUT2D eigenvalue weighted by molar-refractivity contribution is 5.58. The zero-order valence-corrected chi connectivity index (χ0v) is 12.9. The highest BCUT2D eigenvalue weighted by Crippen LogP contribution is 2.30. The van der Waals surface area contributed by atoms with Crippen molar-refractivity contribution in [3.63, 3.8) is 0 Å². The summed E-state index contributed by atoms with van der Waals surface area (Å²) >= 11 is 0. The van der Waals surface area contributed by atoms with Gasteiger partial charge in [-0.15, -0.1) is 0 Å². The fraction of sp³-hybridized carbons (Fsp3) is 0.333. The summed E-state index contributed by atoms with van der Waals surface area (Å²) in [6.07, 6.45) is -4.60. The Bertz CT molecular complexity index is 663. The van der Waals surface area contributed by atoms with Crippen LogP contribution in [0.25, 0.3) is 0 Å². The number of hydrogen-bond acceptors (Lipinski definition) is 6. The van der Waals surface area contributed by atoms with E-state index in [9.17, 15) is 13.2 Å². The average Bonchev–Trinajstić information content (AvgIpc) is 2.54. The quantitative estimate of drug-likeness (QED) is 0.718. The Morgan fingerprint density at radius 1 is 1.17 bits per heavy atom. The molecule has 0 unspecified atom stereocenters. The van der Waals surface area contributed by atoms with E-state index < -0.39 is 11.9 Å². The highest BCUT2D eigenvalue weighted by atomic mass is 19.4. The Hall–Kier alpha value is -2.55. The first-order valence-corrected chi connectivity index (χ1v) is 7.23. The van der Waals surface area contributed by atoms with E-state index in [4.69, 9.17) is 9.84 Å². The lowest BCUT2D eigenvalue weighted by atomic mass is 10.3.